The number of benzene rings is 1. The van der Waals surface area contributed by atoms with Crippen LogP contribution in [0.5, 0.6) is 0 Å². The lowest BCUT2D eigenvalue weighted by molar-refractivity contribution is 0.715. The van der Waals surface area contributed by atoms with Crippen LogP contribution < -0.4 is 16.6 Å². The van der Waals surface area contributed by atoms with Crippen LogP contribution in [0.25, 0.3) is 0 Å². The molecular formula is C15H16IN3O2. The van der Waals surface area contributed by atoms with Crippen LogP contribution in [0.2, 0.25) is 0 Å². The van der Waals surface area contributed by atoms with Crippen LogP contribution in [-0.2, 0) is 13.1 Å². The minimum Gasteiger partial charge on any atom is -0.367 e. The molecule has 0 radical (unpaired) electrons. The van der Waals surface area contributed by atoms with E-state index in [-0.39, 0.29) is 12.1 Å². The summed E-state index contributed by atoms with van der Waals surface area (Å²) in [6.45, 7) is 6.31. The first-order chi connectivity index (χ1) is 10.0. The minimum absolute atomic E-state index is 0.199. The first kappa shape index (κ1) is 15.6. The highest BCUT2D eigenvalue weighted by Crippen LogP contribution is 2.14. The van der Waals surface area contributed by atoms with Crippen molar-refractivity contribution in [3.05, 3.63) is 72.5 Å². The van der Waals surface area contributed by atoms with E-state index in [2.05, 4.69) is 52.5 Å². The van der Waals surface area contributed by atoms with Gasteiger partial charge in [0, 0.05) is 22.7 Å². The number of aromatic nitrogens is 2. The Morgan fingerprint density at radius 1 is 1.38 bits per heavy atom. The second-order valence-electron chi connectivity index (χ2n) is 4.66. The number of hydrogen-bond donors (Lipinski definition) is 2. The lowest BCUT2D eigenvalue weighted by atomic mass is 10.1. The quantitative estimate of drug-likeness (QED) is 0.601. The second-order valence-corrected chi connectivity index (χ2v) is 5.82. The van der Waals surface area contributed by atoms with Gasteiger partial charge in [-0.3, -0.25) is 14.3 Å². The molecular weight excluding hydrogens is 381 g/mol. The molecule has 2 aromatic rings. The molecule has 6 heteroatoms. The van der Waals surface area contributed by atoms with E-state index in [0.717, 1.165) is 10.1 Å². The number of nitrogens with zero attached hydrogens (tertiary/aromatic N) is 1. The Morgan fingerprint density at radius 3 is 2.76 bits per heavy atom. The highest BCUT2D eigenvalue weighted by atomic mass is 127. The van der Waals surface area contributed by atoms with Gasteiger partial charge in [-0.15, -0.1) is 6.58 Å². The lowest BCUT2D eigenvalue weighted by Crippen LogP contribution is -2.34. The third kappa shape index (κ3) is 3.84. The molecule has 1 heterocycles. The van der Waals surface area contributed by atoms with Gasteiger partial charge in [0.1, 0.15) is 5.82 Å². The average molecular weight is 397 g/mol. The normalized spacial score (nSPS) is 10.4. The summed E-state index contributed by atoms with van der Waals surface area (Å²) < 4.78 is 2.27. The number of halogens is 1. The Morgan fingerprint density at radius 2 is 2.14 bits per heavy atom. The summed E-state index contributed by atoms with van der Waals surface area (Å²) in [6, 6.07) is 7.51. The summed E-state index contributed by atoms with van der Waals surface area (Å²) in [6.07, 6.45) is 1.51. The Kier molecular flexibility index (Phi) is 5.00. The van der Waals surface area contributed by atoms with Crippen LogP contribution in [0.1, 0.15) is 11.1 Å². The van der Waals surface area contributed by atoms with Crippen LogP contribution in [0.4, 0.5) is 5.82 Å². The van der Waals surface area contributed by atoms with Crippen molar-refractivity contribution in [3.63, 3.8) is 0 Å². The van der Waals surface area contributed by atoms with E-state index >= 15 is 0 Å². The number of nitrogens with one attached hydrogen (secondary N) is 2. The van der Waals surface area contributed by atoms with Crippen molar-refractivity contribution in [2.45, 2.75) is 20.0 Å². The van der Waals surface area contributed by atoms with Crippen LogP contribution >= 0.6 is 22.6 Å². The summed E-state index contributed by atoms with van der Waals surface area (Å²) in [5, 5.41) is 3.06. The van der Waals surface area contributed by atoms with Crippen molar-refractivity contribution in [1.29, 1.82) is 0 Å². The molecule has 5 nitrogen and oxygen atoms in total. The van der Waals surface area contributed by atoms with Gasteiger partial charge < -0.3 is 5.32 Å². The molecule has 0 bridgehead atoms. The molecule has 0 spiro atoms. The van der Waals surface area contributed by atoms with E-state index in [0.29, 0.717) is 12.4 Å². The Hall–Kier alpha value is -1.83. The van der Waals surface area contributed by atoms with Crippen LogP contribution in [0.3, 0.4) is 0 Å². The SMILES string of the molecule is C=CCn1c(=O)cc(NCc2ccc(C)c(I)c2)[nH]c1=O. The number of hydrogen-bond acceptors (Lipinski definition) is 3. The molecule has 2 N–H and O–H groups in total. The van der Waals surface area contributed by atoms with Gasteiger partial charge in [0.2, 0.25) is 0 Å². The first-order valence-corrected chi connectivity index (χ1v) is 7.53. The van der Waals surface area contributed by atoms with Crippen LogP contribution in [0.15, 0.2) is 46.5 Å². The van der Waals surface area contributed by atoms with Crippen molar-refractivity contribution in [2.75, 3.05) is 5.32 Å². The van der Waals surface area contributed by atoms with Gasteiger partial charge in [-0.2, -0.15) is 0 Å². The summed E-state index contributed by atoms with van der Waals surface area (Å²) in [5.74, 6) is 0.417. The maximum absolute atomic E-state index is 11.8. The largest absolute Gasteiger partial charge is 0.367 e. The van der Waals surface area contributed by atoms with Crippen molar-refractivity contribution >= 4 is 28.4 Å². The molecule has 0 aliphatic rings. The molecule has 0 saturated heterocycles. The molecule has 0 aliphatic heterocycles. The van der Waals surface area contributed by atoms with Gasteiger partial charge in [0.05, 0.1) is 0 Å². The third-order valence-electron chi connectivity index (χ3n) is 3.05. The highest BCUT2D eigenvalue weighted by molar-refractivity contribution is 14.1. The lowest BCUT2D eigenvalue weighted by Gasteiger charge is -2.08. The first-order valence-electron chi connectivity index (χ1n) is 6.45. The van der Waals surface area contributed by atoms with Crippen LogP contribution in [-0.4, -0.2) is 9.55 Å². The maximum atomic E-state index is 11.8. The molecule has 0 saturated carbocycles. The monoisotopic (exact) mass is 397 g/mol. The van der Waals surface area contributed by atoms with Gasteiger partial charge in [-0.05, 0) is 46.7 Å². The maximum Gasteiger partial charge on any atom is 0.330 e. The molecule has 0 aliphatic carbocycles. The molecule has 0 unspecified atom stereocenters. The third-order valence-corrected chi connectivity index (χ3v) is 4.21. The number of rotatable bonds is 5. The Bertz CT molecular complexity index is 746. The highest BCUT2D eigenvalue weighted by Gasteiger charge is 2.03. The van der Waals surface area contributed by atoms with Crippen molar-refractivity contribution in [2.24, 2.45) is 0 Å². The predicted molar refractivity (Wildman–Crippen MR) is 92.7 cm³/mol. The molecule has 110 valence electrons. The second kappa shape index (κ2) is 6.75. The zero-order chi connectivity index (χ0) is 15.4. The Balaban J connectivity index is 2.17. The van der Waals surface area contributed by atoms with E-state index in [1.807, 2.05) is 12.1 Å². The number of aryl methyl sites for hydroxylation is 1. The topological polar surface area (TPSA) is 66.9 Å². The van der Waals surface area contributed by atoms with E-state index in [4.69, 9.17) is 0 Å². The zero-order valence-corrected chi connectivity index (χ0v) is 13.8. The van der Waals surface area contributed by atoms with Gasteiger partial charge in [0.25, 0.3) is 5.56 Å². The number of allylic oxidation sites excluding steroid dienone is 1. The summed E-state index contributed by atoms with van der Waals surface area (Å²) in [5.41, 5.74) is 1.52. The molecule has 0 fully saturated rings. The van der Waals surface area contributed by atoms with Gasteiger partial charge >= 0.3 is 5.69 Å². The summed E-state index contributed by atoms with van der Waals surface area (Å²) in [7, 11) is 0. The fourth-order valence-electron chi connectivity index (χ4n) is 1.86. The predicted octanol–water partition coefficient (Wildman–Crippen LogP) is 2.25. The molecule has 1 aromatic carbocycles. The fourth-order valence-corrected chi connectivity index (χ4v) is 2.44. The van der Waals surface area contributed by atoms with E-state index in [1.165, 1.54) is 21.3 Å². The molecule has 21 heavy (non-hydrogen) atoms. The molecule has 2 rings (SSSR count). The van der Waals surface area contributed by atoms with E-state index in [1.54, 1.807) is 0 Å². The molecule has 0 amide bonds. The number of anilines is 1. The smallest absolute Gasteiger partial charge is 0.330 e. The summed E-state index contributed by atoms with van der Waals surface area (Å²) in [4.78, 5) is 26.2. The van der Waals surface area contributed by atoms with Gasteiger partial charge in [-0.1, -0.05) is 18.2 Å². The zero-order valence-electron chi connectivity index (χ0n) is 11.6. The molecule has 1 aromatic heterocycles. The van der Waals surface area contributed by atoms with Crippen molar-refractivity contribution in [1.82, 2.24) is 9.55 Å². The minimum atomic E-state index is -0.441. The molecule has 0 atom stereocenters. The van der Waals surface area contributed by atoms with Crippen molar-refractivity contribution < 1.29 is 0 Å². The number of aromatic amines is 1. The summed E-state index contributed by atoms with van der Waals surface area (Å²) >= 11 is 2.28. The van der Waals surface area contributed by atoms with Crippen LogP contribution in [0, 0.1) is 10.5 Å². The van der Waals surface area contributed by atoms with E-state index in [9.17, 15) is 9.59 Å². The fraction of sp³-hybridized carbons (Fsp3) is 0.200. The Labute approximate surface area is 135 Å². The van der Waals surface area contributed by atoms with E-state index < -0.39 is 5.69 Å². The standard InChI is InChI=1S/C15H16IN3O2/c1-3-6-19-14(20)8-13(18-15(19)21)17-9-11-5-4-10(2)12(16)7-11/h3-5,7-8,17H,1,6,9H2,2H3,(H,18,21). The van der Waals surface area contributed by atoms with Crippen molar-refractivity contribution in [3.8, 4) is 0 Å². The average Bonchev–Trinajstić information content (AvgIpc) is 2.44. The van der Waals surface area contributed by atoms with Gasteiger partial charge in [-0.25, -0.2) is 4.79 Å². The van der Waals surface area contributed by atoms with Gasteiger partial charge in [0.15, 0.2) is 0 Å². The number of H-pyrrole nitrogens is 1.